The van der Waals surface area contributed by atoms with Crippen LogP contribution in [0, 0.1) is 17.8 Å². The maximum absolute atomic E-state index is 12.7. The fraction of sp³-hybridized carbons (Fsp3) is 0.600. The summed E-state index contributed by atoms with van der Waals surface area (Å²) in [6, 6.07) is 5.05. The Hall–Kier alpha value is -2.28. The van der Waals surface area contributed by atoms with Crippen LogP contribution >= 0.6 is 0 Å². The van der Waals surface area contributed by atoms with Crippen LogP contribution in [0.1, 0.15) is 36.0 Å². The number of aliphatic carboxylic acids is 1. The summed E-state index contributed by atoms with van der Waals surface area (Å²) < 4.78 is 16.3. The lowest BCUT2D eigenvalue weighted by Crippen LogP contribution is -2.39. The van der Waals surface area contributed by atoms with E-state index < -0.39 is 11.9 Å². The molecule has 1 amide bonds. The maximum atomic E-state index is 12.7. The fourth-order valence-corrected chi connectivity index (χ4v) is 3.30. The number of carbonyl (C=O) groups excluding carboxylic acids is 1. The van der Waals surface area contributed by atoms with E-state index in [2.05, 4.69) is 5.32 Å². The Morgan fingerprint density at radius 1 is 1.26 bits per heavy atom. The molecule has 1 saturated carbocycles. The number of amides is 1. The van der Waals surface area contributed by atoms with Crippen LogP contribution in [0.2, 0.25) is 0 Å². The van der Waals surface area contributed by atoms with Gasteiger partial charge in [-0.05, 0) is 49.7 Å². The van der Waals surface area contributed by atoms with Gasteiger partial charge in [0.05, 0.1) is 25.2 Å². The second-order valence-electron chi connectivity index (χ2n) is 7.22. The van der Waals surface area contributed by atoms with Crippen molar-refractivity contribution >= 4 is 11.9 Å². The smallest absolute Gasteiger partial charge is 0.308 e. The molecular weight excluding hydrogens is 350 g/mol. The molecule has 2 fully saturated rings. The van der Waals surface area contributed by atoms with E-state index in [9.17, 15) is 14.7 Å². The normalized spacial score (nSPS) is 18.6. The van der Waals surface area contributed by atoms with E-state index in [1.165, 1.54) is 0 Å². The van der Waals surface area contributed by atoms with Crippen molar-refractivity contribution in [2.24, 2.45) is 17.8 Å². The number of carboxylic acids is 1. The highest BCUT2D eigenvalue weighted by Crippen LogP contribution is 2.32. The van der Waals surface area contributed by atoms with Gasteiger partial charge in [0.1, 0.15) is 11.5 Å². The van der Waals surface area contributed by atoms with Crippen LogP contribution in [0.3, 0.4) is 0 Å². The van der Waals surface area contributed by atoms with Crippen molar-refractivity contribution in [1.82, 2.24) is 5.32 Å². The topological polar surface area (TPSA) is 94.1 Å². The SMILES string of the molecule is COc1ccc(C(=O)NCC(C(=O)O)C2CCOCC2)c(OCC2CC2)c1. The van der Waals surface area contributed by atoms with E-state index in [0.717, 1.165) is 12.8 Å². The highest BCUT2D eigenvalue weighted by atomic mass is 16.5. The summed E-state index contributed by atoms with van der Waals surface area (Å²) in [4.78, 5) is 24.3. The second kappa shape index (κ2) is 9.08. The molecule has 148 valence electrons. The van der Waals surface area contributed by atoms with Gasteiger partial charge in [0.2, 0.25) is 0 Å². The monoisotopic (exact) mass is 377 g/mol. The lowest BCUT2D eigenvalue weighted by atomic mass is 9.86. The minimum absolute atomic E-state index is 0.0120. The van der Waals surface area contributed by atoms with E-state index >= 15 is 0 Å². The van der Waals surface area contributed by atoms with Gasteiger partial charge in [-0.15, -0.1) is 0 Å². The van der Waals surface area contributed by atoms with Crippen LogP contribution in [0.5, 0.6) is 11.5 Å². The van der Waals surface area contributed by atoms with Gasteiger partial charge in [0, 0.05) is 25.8 Å². The number of hydrogen-bond donors (Lipinski definition) is 2. The average molecular weight is 377 g/mol. The Bertz CT molecular complexity index is 666. The molecule has 1 aromatic carbocycles. The van der Waals surface area contributed by atoms with Crippen molar-refractivity contribution < 1.29 is 28.9 Å². The predicted molar refractivity (Wildman–Crippen MR) is 98.2 cm³/mol. The molecule has 0 radical (unpaired) electrons. The third-order valence-corrected chi connectivity index (χ3v) is 5.24. The van der Waals surface area contributed by atoms with Crippen LogP contribution in [0.4, 0.5) is 0 Å². The number of rotatable bonds is 9. The summed E-state index contributed by atoms with van der Waals surface area (Å²) in [5, 5.41) is 12.3. The van der Waals surface area contributed by atoms with Crippen molar-refractivity contribution in [2.75, 3.05) is 33.5 Å². The molecule has 0 bridgehead atoms. The second-order valence-corrected chi connectivity index (χ2v) is 7.22. The van der Waals surface area contributed by atoms with E-state index in [-0.39, 0.29) is 18.4 Å². The Labute approximate surface area is 159 Å². The zero-order chi connectivity index (χ0) is 19.2. The highest BCUT2D eigenvalue weighted by molar-refractivity contribution is 5.97. The lowest BCUT2D eigenvalue weighted by molar-refractivity contribution is -0.144. The number of ether oxygens (including phenoxy) is 3. The first-order valence-corrected chi connectivity index (χ1v) is 9.48. The third kappa shape index (κ3) is 5.35. The predicted octanol–water partition coefficient (Wildman–Crippen LogP) is 2.34. The molecule has 1 aliphatic heterocycles. The quantitative estimate of drug-likeness (QED) is 0.686. The van der Waals surface area contributed by atoms with E-state index in [4.69, 9.17) is 14.2 Å². The minimum Gasteiger partial charge on any atom is -0.497 e. The van der Waals surface area contributed by atoms with Crippen LogP contribution in [0.15, 0.2) is 18.2 Å². The van der Waals surface area contributed by atoms with E-state index in [0.29, 0.717) is 55.6 Å². The number of hydrogen-bond acceptors (Lipinski definition) is 5. The molecular formula is C20H27NO6. The van der Waals surface area contributed by atoms with Gasteiger partial charge in [-0.2, -0.15) is 0 Å². The molecule has 1 heterocycles. The first-order chi connectivity index (χ1) is 13.1. The Morgan fingerprint density at radius 3 is 2.63 bits per heavy atom. The number of benzene rings is 1. The molecule has 2 N–H and O–H groups in total. The minimum atomic E-state index is -0.887. The molecule has 1 unspecified atom stereocenters. The van der Waals surface area contributed by atoms with Gasteiger partial charge in [-0.25, -0.2) is 0 Å². The summed E-state index contributed by atoms with van der Waals surface area (Å²) in [6.45, 7) is 1.81. The summed E-state index contributed by atoms with van der Waals surface area (Å²) in [5.41, 5.74) is 0.396. The van der Waals surface area contributed by atoms with Crippen LogP contribution in [0.25, 0.3) is 0 Å². The van der Waals surface area contributed by atoms with Crippen molar-refractivity contribution in [3.05, 3.63) is 23.8 Å². The summed E-state index contributed by atoms with van der Waals surface area (Å²) in [7, 11) is 1.56. The molecule has 7 nitrogen and oxygen atoms in total. The standard InChI is InChI=1S/C20H27NO6/c1-25-15-4-5-16(18(10-15)27-12-13-2-3-13)19(22)21-11-17(20(23)24)14-6-8-26-9-7-14/h4-5,10,13-14,17H,2-3,6-9,11-12H2,1H3,(H,21,22)(H,23,24). The van der Waals surface area contributed by atoms with Gasteiger partial charge >= 0.3 is 5.97 Å². The van der Waals surface area contributed by atoms with Gasteiger partial charge < -0.3 is 24.6 Å². The van der Waals surface area contributed by atoms with E-state index in [1.54, 1.807) is 25.3 Å². The number of carboxylic acid groups (broad SMARTS) is 1. The van der Waals surface area contributed by atoms with Gasteiger partial charge in [0.15, 0.2) is 0 Å². The Morgan fingerprint density at radius 2 is 2.00 bits per heavy atom. The van der Waals surface area contributed by atoms with Gasteiger partial charge in [0.25, 0.3) is 5.91 Å². The number of nitrogens with one attached hydrogen (secondary N) is 1. The van der Waals surface area contributed by atoms with Crippen molar-refractivity contribution in [1.29, 1.82) is 0 Å². The van der Waals surface area contributed by atoms with E-state index in [1.807, 2.05) is 0 Å². The van der Waals surface area contributed by atoms with Crippen molar-refractivity contribution in [3.8, 4) is 11.5 Å². The lowest BCUT2D eigenvalue weighted by Gasteiger charge is -2.27. The molecule has 7 heteroatoms. The molecule has 27 heavy (non-hydrogen) atoms. The molecule has 1 atom stereocenters. The summed E-state index contributed by atoms with van der Waals surface area (Å²) in [5.74, 6) is -0.189. The maximum Gasteiger partial charge on any atom is 0.308 e. The molecule has 1 aliphatic carbocycles. The molecule has 0 aromatic heterocycles. The largest absolute Gasteiger partial charge is 0.497 e. The zero-order valence-corrected chi connectivity index (χ0v) is 15.6. The molecule has 1 aromatic rings. The molecule has 2 aliphatic rings. The first kappa shape index (κ1) is 19.5. The van der Waals surface area contributed by atoms with Crippen LogP contribution in [-0.2, 0) is 9.53 Å². The number of carbonyl (C=O) groups is 2. The van der Waals surface area contributed by atoms with Crippen molar-refractivity contribution in [2.45, 2.75) is 25.7 Å². The highest BCUT2D eigenvalue weighted by Gasteiger charge is 2.30. The zero-order valence-electron chi connectivity index (χ0n) is 15.6. The summed E-state index contributed by atoms with van der Waals surface area (Å²) >= 11 is 0. The number of methoxy groups -OCH3 is 1. The fourth-order valence-electron chi connectivity index (χ4n) is 3.30. The van der Waals surface area contributed by atoms with Crippen LogP contribution in [-0.4, -0.2) is 50.5 Å². The molecule has 3 rings (SSSR count). The summed E-state index contributed by atoms with van der Waals surface area (Å²) in [6.07, 6.45) is 3.70. The third-order valence-electron chi connectivity index (χ3n) is 5.24. The Kier molecular flexibility index (Phi) is 6.55. The first-order valence-electron chi connectivity index (χ1n) is 9.48. The Balaban J connectivity index is 1.65. The van der Waals surface area contributed by atoms with Gasteiger partial charge in [-0.1, -0.05) is 0 Å². The van der Waals surface area contributed by atoms with Crippen molar-refractivity contribution in [3.63, 3.8) is 0 Å². The van der Waals surface area contributed by atoms with Crippen LogP contribution < -0.4 is 14.8 Å². The van der Waals surface area contributed by atoms with Gasteiger partial charge in [-0.3, -0.25) is 9.59 Å². The molecule has 0 spiro atoms. The molecule has 1 saturated heterocycles. The average Bonchev–Trinajstić information content (AvgIpc) is 3.51.